The van der Waals surface area contributed by atoms with Gasteiger partial charge in [-0.1, -0.05) is 6.92 Å². The van der Waals surface area contributed by atoms with Crippen molar-refractivity contribution in [2.75, 3.05) is 29.6 Å². The molecule has 1 aromatic carbocycles. The van der Waals surface area contributed by atoms with Crippen LogP contribution >= 0.6 is 0 Å². The number of anilines is 2. The number of amides is 1. The molecule has 1 aliphatic heterocycles. The molecule has 174 valence electrons. The lowest BCUT2D eigenvalue weighted by atomic mass is 9.94. The summed E-state index contributed by atoms with van der Waals surface area (Å²) < 4.78 is 87.1. The summed E-state index contributed by atoms with van der Waals surface area (Å²) >= 11 is 0. The molecule has 1 saturated heterocycles. The summed E-state index contributed by atoms with van der Waals surface area (Å²) in [6.07, 6.45) is -2.85. The standard InChI is InChI=1S/C20H21F5N4O2S/c1-12-11-29(8-6-19(12,21)22)16-4-3-13(20(23,24)25)9-15(16)18(30)28-14-5-7-27-17(10-14)32(2,26)31/h3-5,7,9-10,12,26H,6,8,11H2,1-2H3,(H,27,28,30)/t12?,32-/m1/s1. The van der Waals surface area contributed by atoms with Gasteiger partial charge in [-0.3, -0.25) is 4.79 Å². The summed E-state index contributed by atoms with van der Waals surface area (Å²) in [6.45, 7) is 1.09. The lowest BCUT2D eigenvalue weighted by Gasteiger charge is -2.38. The summed E-state index contributed by atoms with van der Waals surface area (Å²) in [7, 11) is -3.18. The minimum Gasteiger partial charge on any atom is -0.370 e. The first-order valence-electron chi connectivity index (χ1n) is 9.54. The lowest BCUT2D eigenvalue weighted by molar-refractivity contribution is -0.137. The molecule has 6 nitrogen and oxygen atoms in total. The molecule has 1 unspecified atom stereocenters. The second kappa shape index (κ2) is 8.30. The van der Waals surface area contributed by atoms with Crippen LogP contribution in [-0.4, -0.2) is 40.4 Å². The second-order valence-electron chi connectivity index (χ2n) is 7.77. The molecule has 1 aromatic heterocycles. The molecule has 2 heterocycles. The Morgan fingerprint density at radius 2 is 1.97 bits per heavy atom. The first kappa shape index (κ1) is 23.9. The quantitative estimate of drug-likeness (QED) is 0.617. The van der Waals surface area contributed by atoms with Gasteiger partial charge in [0, 0.05) is 49.3 Å². The molecule has 12 heteroatoms. The van der Waals surface area contributed by atoms with Crippen LogP contribution in [0.2, 0.25) is 0 Å². The maximum absolute atomic E-state index is 13.9. The van der Waals surface area contributed by atoms with Gasteiger partial charge in [0.1, 0.15) is 5.03 Å². The van der Waals surface area contributed by atoms with Gasteiger partial charge in [0.2, 0.25) is 0 Å². The first-order valence-corrected chi connectivity index (χ1v) is 11.5. The van der Waals surface area contributed by atoms with Gasteiger partial charge < -0.3 is 10.2 Å². The zero-order chi connectivity index (χ0) is 23.9. The monoisotopic (exact) mass is 476 g/mol. The minimum absolute atomic E-state index is 0.0868. The maximum Gasteiger partial charge on any atom is 0.416 e. The van der Waals surface area contributed by atoms with Crippen LogP contribution in [0.25, 0.3) is 0 Å². The summed E-state index contributed by atoms with van der Waals surface area (Å²) in [6, 6.07) is 5.13. The second-order valence-corrected chi connectivity index (χ2v) is 9.87. The molecule has 2 aromatic rings. The Bertz CT molecular complexity index is 1140. The molecule has 2 N–H and O–H groups in total. The number of halogens is 5. The average Bonchev–Trinajstić information content (AvgIpc) is 2.68. The number of nitrogens with zero attached hydrogens (tertiary/aromatic N) is 2. The highest BCUT2D eigenvalue weighted by Crippen LogP contribution is 2.38. The van der Waals surface area contributed by atoms with Gasteiger partial charge in [0.15, 0.2) is 0 Å². The largest absolute Gasteiger partial charge is 0.416 e. The van der Waals surface area contributed by atoms with Crippen molar-refractivity contribution in [3.8, 4) is 0 Å². The van der Waals surface area contributed by atoms with Gasteiger partial charge in [0.25, 0.3) is 11.8 Å². The third-order valence-corrected chi connectivity index (χ3v) is 6.25. The number of hydrogen-bond acceptors (Lipinski definition) is 5. The Morgan fingerprint density at radius 3 is 2.56 bits per heavy atom. The van der Waals surface area contributed by atoms with Crippen molar-refractivity contribution in [3.63, 3.8) is 0 Å². The third-order valence-electron chi connectivity index (χ3n) is 5.23. The fourth-order valence-corrected chi connectivity index (χ4v) is 3.99. The molecular formula is C20H21F5N4O2S. The maximum atomic E-state index is 13.9. The van der Waals surface area contributed by atoms with Crippen molar-refractivity contribution in [1.82, 2.24) is 4.98 Å². The van der Waals surface area contributed by atoms with Gasteiger partial charge >= 0.3 is 6.18 Å². The van der Waals surface area contributed by atoms with E-state index in [1.807, 2.05) is 0 Å². The van der Waals surface area contributed by atoms with Crippen LogP contribution in [0.5, 0.6) is 0 Å². The minimum atomic E-state index is -4.71. The van der Waals surface area contributed by atoms with Crippen LogP contribution in [-0.2, 0) is 15.9 Å². The summed E-state index contributed by atoms with van der Waals surface area (Å²) in [5.74, 6) is -4.85. The topological polar surface area (TPSA) is 86.2 Å². The van der Waals surface area contributed by atoms with E-state index < -0.39 is 45.6 Å². The highest BCUT2D eigenvalue weighted by Gasteiger charge is 2.42. The van der Waals surface area contributed by atoms with E-state index in [0.29, 0.717) is 6.07 Å². The van der Waals surface area contributed by atoms with E-state index in [9.17, 15) is 31.0 Å². The predicted octanol–water partition coefficient (Wildman–Crippen LogP) is 4.87. The zero-order valence-corrected chi connectivity index (χ0v) is 18.0. The Hall–Kier alpha value is -2.76. The number of nitrogens with one attached hydrogen (secondary N) is 2. The molecule has 0 spiro atoms. The molecule has 1 amide bonds. The molecule has 0 saturated carbocycles. The van der Waals surface area contributed by atoms with Gasteiger partial charge in [0.05, 0.1) is 20.9 Å². The molecule has 3 rings (SSSR count). The van der Waals surface area contributed by atoms with Gasteiger partial charge in [-0.15, -0.1) is 0 Å². The SMILES string of the molecule is CC1CN(c2ccc(C(F)(F)F)cc2C(=O)Nc2ccnc([S@](C)(=N)=O)c2)CCC1(F)F. The van der Waals surface area contributed by atoms with Crippen LogP contribution in [0.4, 0.5) is 33.3 Å². The molecule has 1 aliphatic rings. The van der Waals surface area contributed by atoms with Crippen LogP contribution in [0.3, 0.4) is 0 Å². The normalized spacial score (nSPS) is 20.5. The molecule has 0 aliphatic carbocycles. The van der Waals surface area contributed by atoms with E-state index in [2.05, 4.69) is 10.3 Å². The predicted molar refractivity (Wildman–Crippen MR) is 110 cm³/mol. The fourth-order valence-electron chi connectivity index (χ4n) is 3.37. The number of aromatic nitrogens is 1. The zero-order valence-electron chi connectivity index (χ0n) is 17.2. The van der Waals surface area contributed by atoms with Crippen molar-refractivity contribution in [3.05, 3.63) is 47.7 Å². The number of piperidine rings is 1. The Labute approximate surface area is 181 Å². The summed E-state index contributed by atoms with van der Waals surface area (Å²) in [5, 5.41) is 2.32. The Balaban J connectivity index is 1.99. The van der Waals surface area contributed by atoms with E-state index >= 15 is 0 Å². The van der Waals surface area contributed by atoms with E-state index in [1.54, 1.807) is 0 Å². The number of hydrogen-bond donors (Lipinski definition) is 2. The van der Waals surface area contributed by atoms with E-state index in [-0.39, 0.29) is 35.1 Å². The fraction of sp³-hybridized carbons (Fsp3) is 0.400. The first-order chi connectivity index (χ1) is 14.7. The summed E-state index contributed by atoms with van der Waals surface area (Å²) in [5.41, 5.74) is -1.20. The van der Waals surface area contributed by atoms with Crippen LogP contribution in [0.15, 0.2) is 41.6 Å². The van der Waals surface area contributed by atoms with E-state index in [0.717, 1.165) is 18.4 Å². The van der Waals surface area contributed by atoms with E-state index in [4.69, 9.17) is 4.78 Å². The van der Waals surface area contributed by atoms with Crippen molar-refractivity contribution in [1.29, 1.82) is 4.78 Å². The molecule has 2 atom stereocenters. The lowest BCUT2D eigenvalue weighted by Crippen LogP contribution is -2.46. The highest BCUT2D eigenvalue weighted by atomic mass is 32.2. The number of pyridine rings is 1. The number of alkyl halides is 5. The van der Waals surface area contributed by atoms with Crippen LogP contribution in [0, 0.1) is 10.7 Å². The van der Waals surface area contributed by atoms with Crippen molar-refractivity contribution in [2.24, 2.45) is 5.92 Å². The van der Waals surface area contributed by atoms with E-state index in [1.165, 1.54) is 30.2 Å². The Kier molecular flexibility index (Phi) is 6.20. The molecule has 1 fully saturated rings. The number of rotatable bonds is 4. The average molecular weight is 476 g/mol. The van der Waals surface area contributed by atoms with Crippen molar-refractivity contribution in [2.45, 2.75) is 30.5 Å². The third kappa shape index (κ3) is 5.17. The molecular weight excluding hydrogens is 455 g/mol. The van der Waals surface area contributed by atoms with Crippen molar-refractivity contribution < 1.29 is 31.0 Å². The van der Waals surface area contributed by atoms with Crippen molar-refractivity contribution >= 4 is 27.0 Å². The summed E-state index contributed by atoms with van der Waals surface area (Å²) in [4.78, 5) is 18.2. The smallest absolute Gasteiger partial charge is 0.370 e. The molecule has 0 radical (unpaired) electrons. The van der Waals surface area contributed by atoms with Crippen LogP contribution in [0.1, 0.15) is 29.3 Å². The highest BCUT2D eigenvalue weighted by molar-refractivity contribution is 7.91. The molecule has 0 bridgehead atoms. The van der Waals surface area contributed by atoms with Gasteiger partial charge in [-0.2, -0.15) is 13.2 Å². The number of carbonyl (C=O) groups excluding carboxylic acids is 1. The molecule has 32 heavy (non-hydrogen) atoms. The van der Waals surface area contributed by atoms with Gasteiger partial charge in [-0.25, -0.2) is 22.8 Å². The van der Waals surface area contributed by atoms with Crippen LogP contribution < -0.4 is 10.2 Å². The Morgan fingerprint density at radius 1 is 1.28 bits per heavy atom. The number of benzene rings is 1. The van der Waals surface area contributed by atoms with Gasteiger partial charge in [-0.05, 0) is 30.3 Å². The number of carbonyl (C=O) groups is 1.